The molecule has 1 aromatic carbocycles. The summed E-state index contributed by atoms with van der Waals surface area (Å²) in [6.45, 7) is 4.01. The second-order valence-electron chi connectivity index (χ2n) is 5.63. The van der Waals surface area contributed by atoms with Crippen LogP contribution in [0.2, 0.25) is 0 Å². The summed E-state index contributed by atoms with van der Waals surface area (Å²) in [5, 5.41) is 0. The molecule has 124 valence electrons. The Hall–Kier alpha value is -2.89. The number of nitrogens with one attached hydrogen (secondary N) is 2. The first-order valence-corrected chi connectivity index (χ1v) is 8.12. The van der Waals surface area contributed by atoms with Crippen molar-refractivity contribution in [3.05, 3.63) is 69.9 Å². The van der Waals surface area contributed by atoms with Gasteiger partial charge in [0.2, 0.25) is 5.78 Å². The van der Waals surface area contributed by atoms with Gasteiger partial charge in [0.05, 0.1) is 0 Å². The zero-order chi connectivity index (χ0) is 17.1. The quantitative estimate of drug-likeness (QED) is 0.684. The molecule has 0 unspecified atom stereocenters. The number of hydrogen-bond donors (Lipinski definition) is 2. The largest absolute Gasteiger partial charge is 0.323 e. The molecule has 0 fully saturated rings. The molecule has 0 aliphatic rings. The molecule has 2 N–H and O–H groups in total. The molecule has 0 radical (unpaired) electrons. The van der Waals surface area contributed by atoms with Gasteiger partial charge in [0.25, 0.3) is 0 Å². The molecule has 0 aliphatic carbocycles. The lowest BCUT2D eigenvalue weighted by Gasteiger charge is -2.08. The first-order chi connectivity index (χ1) is 11.6. The van der Waals surface area contributed by atoms with Crippen LogP contribution < -0.4 is 5.69 Å². The van der Waals surface area contributed by atoms with E-state index in [0.29, 0.717) is 23.4 Å². The van der Waals surface area contributed by atoms with Crippen molar-refractivity contribution in [3.8, 4) is 5.69 Å². The minimum atomic E-state index is -0.352. The van der Waals surface area contributed by atoms with E-state index in [9.17, 15) is 9.59 Å². The van der Waals surface area contributed by atoms with Gasteiger partial charge in [-0.1, -0.05) is 13.8 Å². The average molecular weight is 324 g/mol. The van der Waals surface area contributed by atoms with Gasteiger partial charge in [-0.15, -0.1) is 0 Å². The Morgan fingerprint density at radius 2 is 1.92 bits per heavy atom. The molecule has 0 amide bonds. The van der Waals surface area contributed by atoms with E-state index in [4.69, 9.17) is 0 Å². The van der Waals surface area contributed by atoms with Gasteiger partial charge in [0.15, 0.2) is 0 Å². The number of benzene rings is 1. The van der Waals surface area contributed by atoms with Crippen LogP contribution in [0.1, 0.15) is 47.8 Å². The molecule has 2 aromatic heterocycles. The summed E-state index contributed by atoms with van der Waals surface area (Å²) in [4.78, 5) is 33.6. The highest BCUT2D eigenvalue weighted by Crippen LogP contribution is 2.16. The smallest absolute Gasteiger partial charge is 0.309 e. The van der Waals surface area contributed by atoms with Gasteiger partial charge in [-0.05, 0) is 37.1 Å². The zero-order valence-electron chi connectivity index (χ0n) is 13.8. The van der Waals surface area contributed by atoms with Gasteiger partial charge in [-0.25, -0.2) is 9.78 Å². The van der Waals surface area contributed by atoms with Crippen molar-refractivity contribution in [1.82, 2.24) is 19.5 Å². The maximum atomic E-state index is 12.6. The highest BCUT2D eigenvalue weighted by atomic mass is 16.1. The van der Waals surface area contributed by atoms with Crippen LogP contribution in [0, 0.1) is 0 Å². The number of nitrogens with zero attached hydrogens (tertiary/aromatic N) is 2. The summed E-state index contributed by atoms with van der Waals surface area (Å²) in [6.07, 6.45) is 6.21. The van der Waals surface area contributed by atoms with Gasteiger partial charge in [0.1, 0.15) is 11.5 Å². The lowest BCUT2D eigenvalue weighted by Crippen LogP contribution is -2.07. The molecule has 0 aliphatic heterocycles. The first-order valence-electron chi connectivity index (χ1n) is 8.12. The molecule has 0 spiro atoms. The van der Waals surface area contributed by atoms with Crippen molar-refractivity contribution in [2.24, 2.45) is 0 Å². The fourth-order valence-electron chi connectivity index (χ4n) is 2.77. The lowest BCUT2D eigenvalue weighted by atomic mass is 10.1. The number of imidazole rings is 2. The predicted octanol–water partition coefficient (Wildman–Crippen LogP) is 2.63. The number of H-pyrrole nitrogens is 2. The van der Waals surface area contributed by atoms with E-state index < -0.39 is 0 Å². The standard InChI is InChI=1S/C18H20N4O2/c1-3-5-15-19-10-11-22(15)13-8-6-12(7-9-13)17(23)16-14(4-2)20-18(24)21-16/h6-11H,3-5H2,1-2H3,(H2,20,21,24). The number of rotatable bonds is 6. The topological polar surface area (TPSA) is 83.5 Å². The third-order valence-corrected chi connectivity index (χ3v) is 3.98. The van der Waals surface area contributed by atoms with E-state index >= 15 is 0 Å². The van der Waals surface area contributed by atoms with E-state index in [1.165, 1.54) is 0 Å². The molecule has 24 heavy (non-hydrogen) atoms. The Balaban J connectivity index is 1.90. The van der Waals surface area contributed by atoms with Gasteiger partial charge < -0.3 is 14.5 Å². The van der Waals surface area contributed by atoms with Gasteiger partial charge in [-0.3, -0.25) is 4.79 Å². The zero-order valence-corrected chi connectivity index (χ0v) is 13.8. The number of hydrogen-bond acceptors (Lipinski definition) is 3. The molecule has 3 aromatic rings. The average Bonchev–Trinajstić information content (AvgIpc) is 3.21. The Bertz CT molecular complexity index is 900. The van der Waals surface area contributed by atoms with Crippen molar-refractivity contribution in [3.63, 3.8) is 0 Å². The van der Waals surface area contributed by atoms with E-state index in [1.54, 1.807) is 18.3 Å². The second-order valence-corrected chi connectivity index (χ2v) is 5.63. The third-order valence-electron chi connectivity index (χ3n) is 3.98. The highest BCUT2D eigenvalue weighted by Gasteiger charge is 2.16. The van der Waals surface area contributed by atoms with Crippen LogP contribution in [0.4, 0.5) is 0 Å². The highest BCUT2D eigenvalue weighted by molar-refractivity contribution is 6.08. The van der Waals surface area contributed by atoms with E-state index in [0.717, 1.165) is 24.4 Å². The minimum Gasteiger partial charge on any atom is -0.309 e. The molecule has 6 nitrogen and oxygen atoms in total. The molecule has 0 saturated carbocycles. The fourth-order valence-corrected chi connectivity index (χ4v) is 2.77. The lowest BCUT2D eigenvalue weighted by molar-refractivity contribution is 0.103. The SMILES string of the molecule is CCCc1nccn1-c1ccc(C(=O)c2[nH]c(=O)[nH]c2CC)cc1. The second kappa shape index (κ2) is 6.70. The monoisotopic (exact) mass is 324 g/mol. The van der Waals surface area contributed by atoms with Crippen molar-refractivity contribution in [1.29, 1.82) is 0 Å². The predicted molar refractivity (Wildman–Crippen MR) is 91.8 cm³/mol. The van der Waals surface area contributed by atoms with Crippen LogP contribution in [0.15, 0.2) is 41.5 Å². The van der Waals surface area contributed by atoms with E-state index in [1.807, 2.05) is 29.8 Å². The Morgan fingerprint density at radius 3 is 2.58 bits per heavy atom. The first kappa shape index (κ1) is 16.0. The van der Waals surface area contributed by atoms with Crippen LogP contribution in [-0.4, -0.2) is 25.3 Å². The Kier molecular flexibility index (Phi) is 4.46. The number of aromatic amines is 2. The fraction of sp³-hybridized carbons (Fsp3) is 0.278. The molecular weight excluding hydrogens is 304 g/mol. The van der Waals surface area contributed by atoms with Crippen molar-refractivity contribution in [2.75, 3.05) is 0 Å². The van der Waals surface area contributed by atoms with Crippen LogP contribution in [-0.2, 0) is 12.8 Å². The number of aromatic nitrogens is 4. The van der Waals surface area contributed by atoms with E-state index in [2.05, 4.69) is 21.9 Å². The molecule has 0 saturated heterocycles. The van der Waals surface area contributed by atoms with E-state index in [-0.39, 0.29) is 11.5 Å². The Morgan fingerprint density at radius 1 is 1.17 bits per heavy atom. The van der Waals surface area contributed by atoms with Gasteiger partial charge >= 0.3 is 5.69 Å². The molecular formula is C18H20N4O2. The summed E-state index contributed by atoms with van der Waals surface area (Å²) in [7, 11) is 0. The summed E-state index contributed by atoms with van der Waals surface area (Å²) >= 11 is 0. The summed E-state index contributed by atoms with van der Waals surface area (Å²) < 4.78 is 2.02. The number of ketones is 1. The van der Waals surface area contributed by atoms with Crippen LogP contribution >= 0.6 is 0 Å². The van der Waals surface area contributed by atoms with Gasteiger partial charge in [-0.2, -0.15) is 0 Å². The maximum Gasteiger partial charge on any atom is 0.323 e. The molecule has 0 atom stereocenters. The van der Waals surface area contributed by atoms with Crippen molar-refractivity contribution in [2.45, 2.75) is 33.1 Å². The number of carbonyl (C=O) groups is 1. The normalized spacial score (nSPS) is 10.9. The molecule has 2 heterocycles. The molecule has 3 rings (SSSR count). The van der Waals surface area contributed by atoms with Crippen LogP contribution in [0.25, 0.3) is 5.69 Å². The third kappa shape index (κ3) is 2.95. The summed E-state index contributed by atoms with van der Waals surface area (Å²) in [5.41, 5.74) is 2.12. The molecule has 0 bridgehead atoms. The molecule has 6 heteroatoms. The number of aryl methyl sites for hydroxylation is 2. The summed E-state index contributed by atoms with van der Waals surface area (Å²) in [6, 6.07) is 7.34. The van der Waals surface area contributed by atoms with Crippen LogP contribution in [0.3, 0.4) is 0 Å². The maximum absolute atomic E-state index is 12.6. The summed E-state index contributed by atoms with van der Waals surface area (Å²) in [5.74, 6) is 0.816. The minimum absolute atomic E-state index is 0.184. The number of carbonyl (C=O) groups excluding carboxylic acids is 1. The van der Waals surface area contributed by atoms with Crippen molar-refractivity contribution < 1.29 is 4.79 Å². The van der Waals surface area contributed by atoms with Crippen LogP contribution in [0.5, 0.6) is 0 Å². The van der Waals surface area contributed by atoms with Gasteiger partial charge in [0, 0.05) is 35.8 Å². The Labute approximate surface area is 139 Å². The van der Waals surface area contributed by atoms with Crippen molar-refractivity contribution >= 4 is 5.78 Å².